The zero-order valence-electron chi connectivity index (χ0n) is 14.6. The summed E-state index contributed by atoms with van der Waals surface area (Å²) < 4.78 is 41.8. The van der Waals surface area contributed by atoms with Crippen LogP contribution in [0.15, 0.2) is 48.7 Å². The van der Waals surface area contributed by atoms with Gasteiger partial charge in [-0.2, -0.15) is 13.2 Å². The molecule has 1 unspecified atom stereocenters. The number of carbonyl (C=O) groups is 1. The fraction of sp³-hybridized carbons (Fsp3) is 0.368. The fourth-order valence-corrected chi connectivity index (χ4v) is 3.14. The third-order valence-electron chi connectivity index (χ3n) is 4.35. The molecule has 0 bridgehead atoms. The Hall–Kier alpha value is -2.77. The highest BCUT2D eigenvalue weighted by Crippen LogP contribution is 2.31. The molecule has 1 atom stereocenters. The van der Waals surface area contributed by atoms with Gasteiger partial charge in [0.05, 0.1) is 6.04 Å². The maximum absolute atomic E-state index is 12.6. The van der Waals surface area contributed by atoms with Crippen molar-refractivity contribution in [2.75, 3.05) is 13.2 Å². The number of likely N-dealkylation sites (tertiary alicyclic amines) is 1. The number of hydrogen-bond donors (Lipinski definition) is 1. The van der Waals surface area contributed by atoms with Crippen LogP contribution in [0.1, 0.15) is 30.0 Å². The fourth-order valence-electron chi connectivity index (χ4n) is 3.14. The molecule has 0 spiro atoms. The van der Waals surface area contributed by atoms with Gasteiger partial charge in [0.15, 0.2) is 6.61 Å². The van der Waals surface area contributed by atoms with Crippen molar-refractivity contribution in [2.24, 2.45) is 0 Å². The Balaban J connectivity index is 1.62. The second kappa shape index (κ2) is 8.28. The van der Waals surface area contributed by atoms with Crippen LogP contribution in [0.4, 0.5) is 18.0 Å². The standard InChI is InChI=1S/C19H20F3N3O2/c20-19(21,22)13-27-17-15(8-4-10-23-17)12-24-18(26)25-11-5-9-16(25)14-6-2-1-3-7-14/h1-4,6-8,10,16H,5,9,11-13H2,(H,24,26). The highest BCUT2D eigenvalue weighted by Gasteiger charge is 2.31. The van der Waals surface area contributed by atoms with E-state index in [4.69, 9.17) is 4.74 Å². The van der Waals surface area contributed by atoms with Crippen molar-refractivity contribution >= 4 is 6.03 Å². The van der Waals surface area contributed by atoms with Crippen LogP contribution in [0.2, 0.25) is 0 Å². The van der Waals surface area contributed by atoms with Gasteiger partial charge in [-0.25, -0.2) is 9.78 Å². The summed E-state index contributed by atoms with van der Waals surface area (Å²) in [7, 11) is 0. The molecule has 27 heavy (non-hydrogen) atoms. The minimum atomic E-state index is -4.45. The van der Waals surface area contributed by atoms with E-state index in [0.29, 0.717) is 12.1 Å². The van der Waals surface area contributed by atoms with Gasteiger partial charge in [0.2, 0.25) is 5.88 Å². The maximum Gasteiger partial charge on any atom is 0.422 e. The molecule has 1 N–H and O–H groups in total. The minimum absolute atomic E-state index is 0.000971. The summed E-state index contributed by atoms with van der Waals surface area (Å²) in [6.07, 6.45) is -1.32. The Labute approximate surface area is 155 Å². The number of aromatic nitrogens is 1. The number of hydrogen-bond acceptors (Lipinski definition) is 3. The number of rotatable bonds is 5. The first-order valence-electron chi connectivity index (χ1n) is 8.67. The molecule has 8 heteroatoms. The van der Waals surface area contributed by atoms with E-state index in [2.05, 4.69) is 10.3 Å². The molecule has 0 radical (unpaired) electrons. The molecule has 1 aromatic heterocycles. The van der Waals surface area contributed by atoms with Crippen LogP contribution >= 0.6 is 0 Å². The second-order valence-electron chi connectivity index (χ2n) is 6.29. The zero-order chi connectivity index (χ0) is 19.3. The van der Waals surface area contributed by atoms with E-state index in [1.165, 1.54) is 6.20 Å². The lowest BCUT2D eigenvalue weighted by molar-refractivity contribution is -0.154. The molecule has 2 amide bonds. The van der Waals surface area contributed by atoms with Gasteiger partial charge in [-0.1, -0.05) is 36.4 Å². The van der Waals surface area contributed by atoms with Crippen LogP contribution in [0.25, 0.3) is 0 Å². The Morgan fingerprint density at radius 3 is 2.74 bits per heavy atom. The summed E-state index contributed by atoms with van der Waals surface area (Å²) in [6.45, 7) is -0.749. The Morgan fingerprint density at radius 1 is 1.22 bits per heavy atom. The van der Waals surface area contributed by atoms with Gasteiger partial charge in [0, 0.05) is 24.8 Å². The second-order valence-corrected chi connectivity index (χ2v) is 6.29. The van der Waals surface area contributed by atoms with E-state index in [0.717, 1.165) is 18.4 Å². The van der Waals surface area contributed by atoms with E-state index in [1.807, 2.05) is 30.3 Å². The molecule has 0 saturated carbocycles. The zero-order valence-corrected chi connectivity index (χ0v) is 14.6. The van der Waals surface area contributed by atoms with Crippen molar-refractivity contribution in [3.63, 3.8) is 0 Å². The lowest BCUT2D eigenvalue weighted by atomic mass is 10.1. The normalized spacial score (nSPS) is 17.0. The summed E-state index contributed by atoms with van der Waals surface area (Å²) in [5, 5.41) is 2.76. The van der Waals surface area contributed by atoms with Crippen molar-refractivity contribution in [1.82, 2.24) is 15.2 Å². The first-order chi connectivity index (χ1) is 12.9. The van der Waals surface area contributed by atoms with Gasteiger partial charge in [0.25, 0.3) is 0 Å². The molecule has 144 valence electrons. The number of alkyl halides is 3. The van der Waals surface area contributed by atoms with Crippen LogP contribution in [0.5, 0.6) is 5.88 Å². The van der Waals surface area contributed by atoms with Crippen molar-refractivity contribution < 1.29 is 22.7 Å². The number of halogens is 3. The number of urea groups is 1. The molecule has 1 saturated heterocycles. The summed E-state index contributed by atoms with van der Waals surface area (Å²) in [5.74, 6) is -0.129. The van der Waals surface area contributed by atoms with Crippen LogP contribution < -0.4 is 10.1 Å². The molecule has 3 rings (SSSR count). The number of ether oxygens (including phenoxy) is 1. The van der Waals surface area contributed by atoms with Crippen LogP contribution in [-0.2, 0) is 6.54 Å². The molecule has 1 aromatic carbocycles. The lowest BCUT2D eigenvalue weighted by Crippen LogP contribution is -2.39. The molecular weight excluding hydrogens is 359 g/mol. The molecule has 1 fully saturated rings. The van der Waals surface area contributed by atoms with Crippen LogP contribution in [0, 0.1) is 0 Å². The van der Waals surface area contributed by atoms with Gasteiger partial charge in [-0.3, -0.25) is 0 Å². The Bertz CT molecular complexity index is 768. The number of nitrogens with one attached hydrogen (secondary N) is 1. The molecular formula is C19H20F3N3O2. The molecule has 0 aliphatic carbocycles. The molecule has 1 aliphatic rings. The van der Waals surface area contributed by atoms with Crippen molar-refractivity contribution in [3.8, 4) is 5.88 Å². The predicted octanol–water partition coefficient (Wildman–Crippen LogP) is 4.07. The largest absolute Gasteiger partial charge is 0.468 e. The number of benzene rings is 1. The highest BCUT2D eigenvalue weighted by molar-refractivity contribution is 5.75. The number of nitrogens with zero attached hydrogens (tertiary/aromatic N) is 2. The smallest absolute Gasteiger partial charge is 0.422 e. The summed E-state index contributed by atoms with van der Waals surface area (Å²) >= 11 is 0. The summed E-state index contributed by atoms with van der Waals surface area (Å²) in [5.41, 5.74) is 1.46. The average Bonchev–Trinajstić information content (AvgIpc) is 3.15. The van der Waals surface area contributed by atoms with E-state index < -0.39 is 12.8 Å². The highest BCUT2D eigenvalue weighted by atomic mass is 19.4. The van der Waals surface area contributed by atoms with Gasteiger partial charge in [0.1, 0.15) is 0 Å². The average molecular weight is 379 g/mol. The molecule has 2 heterocycles. The van der Waals surface area contributed by atoms with Gasteiger partial charge in [-0.05, 0) is 24.5 Å². The van der Waals surface area contributed by atoms with Gasteiger partial charge in [-0.15, -0.1) is 0 Å². The van der Waals surface area contributed by atoms with E-state index >= 15 is 0 Å². The Morgan fingerprint density at radius 2 is 2.00 bits per heavy atom. The van der Waals surface area contributed by atoms with E-state index in [-0.39, 0.29) is 24.5 Å². The maximum atomic E-state index is 12.6. The third kappa shape index (κ3) is 5.12. The number of amides is 2. The molecule has 5 nitrogen and oxygen atoms in total. The van der Waals surface area contributed by atoms with Crippen molar-refractivity contribution in [2.45, 2.75) is 31.6 Å². The first-order valence-corrected chi connectivity index (χ1v) is 8.67. The molecule has 1 aliphatic heterocycles. The van der Waals surface area contributed by atoms with Crippen LogP contribution in [-0.4, -0.2) is 35.2 Å². The Kier molecular flexibility index (Phi) is 5.83. The van der Waals surface area contributed by atoms with Gasteiger partial charge < -0.3 is 15.0 Å². The van der Waals surface area contributed by atoms with E-state index in [9.17, 15) is 18.0 Å². The third-order valence-corrected chi connectivity index (χ3v) is 4.35. The van der Waals surface area contributed by atoms with Crippen molar-refractivity contribution in [3.05, 3.63) is 59.8 Å². The van der Waals surface area contributed by atoms with Crippen LogP contribution in [0.3, 0.4) is 0 Å². The lowest BCUT2D eigenvalue weighted by Gasteiger charge is -2.25. The predicted molar refractivity (Wildman–Crippen MR) is 93.1 cm³/mol. The topological polar surface area (TPSA) is 54.5 Å². The minimum Gasteiger partial charge on any atom is -0.468 e. The number of pyridine rings is 1. The summed E-state index contributed by atoms with van der Waals surface area (Å²) in [4.78, 5) is 18.2. The first kappa shape index (κ1) is 19.0. The quantitative estimate of drug-likeness (QED) is 0.852. The number of carbonyl (C=O) groups excluding carboxylic acids is 1. The monoisotopic (exact) mass is 379 g/mol. The SMILES string of the molecule is O=C(NCc1cccnc1OCC(F)(F)F)N1CCCC1c1ccccc1. The van der Waals surface area contributed by atoms with E-state index in [1.54, 1.807) is 17.0 Å². The summed E-state index contributed by atoms with van der Waals surface area (Å²) in [6, 6.07) is 12.7. The van der Waals surface area contributed by atoms with Gasteiger partial charge >= 0.3 is 12.2 Å². The molecule has 2 aromatic rings. The van der Waals surface area contributed by atoms with Crippen molar-refractivity contribution in [1.29, 1.82) is 0 Å².